The van der Waals surface area contributed by atoms with Gasteiger partial charge < -0.3 is 28.8 Å². The van der Waals surface area contributed by atoms with Crippen molar-refractivity contribution in [2.24, 2.45) is 16.2 Å². The number of esters is 2. The Morgan fingerprint density at radius 2 is 1.38 bits per heavy atom. The lowest BCUT2D eigenvalue weighted by molar-refractivity contribution is -0.146. The van der Waals surface area contributed by atoms with Crippen LogP contribution >= 0.6 is 0 Å². The molecular weight excluding hydrogens is 512 g/mol. The maximum absolute atomic E-state index is 10.6. The Kier molecular flexibility index (Phi) is 27.4. The number of hydrogen-bond acceptors (Lipinski definition) is 8. The first-order chi connectivity index (χ1) is 18.0. The normalized spacial score (nSPS) is 14.1. The Morgan fingerprint density at radius 3 is 1.52 bits per heavy atom. The highest BCUT2D eigenvalue weighted by Crippen LogP contribution is 2.24. The van der Waals surface area contributed by atoms with Crippen molar-refractivity contribution in [1.29, 1.82) is 0 Å². The number of carbonyl (C=O) groups is 3. The van der Waals surface area contributed by atoms with Crippen LogP contribution in [-0.2, 0) is 33.3 Å². The van der Waals surface area contributed by atoms with E-state index >= 15 is 0 Å². The Labute approximate surface area is 247 Å². The summed E-state index contributed by atoms with van der Waals surface area (Å²) in [6, 6.07) is 0. The minimum Gasteiger partial charge on any atom is -0.469 e. The molecule has 8 heteroatoms. The third-order valence-corrected chi connectivity index (χ3v) is 5.39. The van der Waals surface area contributed by atoms with E-state index < -0.39 is 0 Å². The Hall–Kier alpha value is -1.51. The van der Waals surface area contributed by atoms with Gasteiger partial charge in [0.25, 0.3) is 0 Å². The van der Waals surface area contributed by atoms with E-state index in [2.05, 4.69) is 76.5 Å². The van der Waals surface area contributed by atoms with Gasteiger partial charge in [0, 0.05) is 40.1 Å². The molecule has 0 unspecified atom stereocenters. The van der Waals surface area contributed by atoms with E-state index in [0.29, 0.717) is 36.7 Å². The predicted molar refractivity (Wildman–Crippen MR) is 164 cm³/mol. The molecule has 1 rings (SSSR count). The number of aldehydes is 1. The molecule has 0 atom stereocenters. The fourth-order valence-corrected chi connectivity index (χ4v) is 2.59. The minimum atomic E-state index is -0.183. The summed E-state index contributed by atoms with van der Waals surface area (Å²) in [5.74, 6) is -0.176. The van der Waals surface area contributed by atoms with Gasteiger partial charge in [-0.25, -0.2) is 0 Å². The average Bonchev–Trinajstić information content (AvgIpc) is 3.15. The van der Waals surface area contributed by atoms with E-state index in [-0.39, 0.29) is 29.2 Å². The zero-order valence-electron chi connectivity index (χ0n) is 28.8. The van der Waals surface area contributed by atoms with Crippen LogP contribution in [0.15, 0.2) is 0 Å². The molecule has 0 radical (unpaired) electrons. The third kappa shape index (κ3) is 46.3. The molecule has 242 valence electrons. The molecule has 1 saturated heterocycles. The lowest BCUT2D eigenvalue weighted by Crippen LogP contribution is -2.17. The highest BCUT2D eigenvalue weighted by Gasteiger charge is 2.30. The second-order valence-corrected chi connectivity index (χ2v) is 14.1. The van der Waals surface area contributed by atoms with E-state index in [1.807, 2.05) is 20.8 Å². The number of rotatable bonds is 8. The largest absolute Gasteiger partial charge is 0.469 e. The van der Waals surface area contributed by atoms with Crippen LogP contribution in [0.4, 0.5) is 0 Å². The van der Waals surface area contributed by atoms with Gasteiger partial charge in [-0.15, -0.1) is 0 Å². The average molecular weight is 579 g/mol. The van der Waals surface area contributed by atoms with E-state index in [1.54, 1.807) is 14.2 Å². The number of cyclic esters (lactones) is 1. The number of hydrogen-bond donors (Lipinski definition) is 1. The summed E-state index contributed by atoms with van der Waals surface area (Å²) in [6.07, 6.45) is 7.53. The zero-order chi connectivity index (χ0) is 32.6. The van der Waals surface area contributed by atoms with Crippen molar-refractivity contribution in [1.82, 2.24) is 0 Å². The molecule has 40 heavy (non-hydrogen) atoms. The Bertz CT molecular complexity index is 618. The van der Waals surface area contributed by atoms with E-state index in [0.717, 1.165) is 38.4 Å². The lowest BCUT2D eigenvalue weighted by atomic mass is 9.91. The van der Waals surface area contributed by atoms with Gasteiger partial charge in [0.2, 0.25) is 0 Å². The molecule has 0 aromatic carbocycles. The highest BCUT2D eigenvalue weighted by molar-refractivity contribution is 5.72. The molecule has 1 aliphatic rings. The van der Waals surface area contributed by atoms with Crippen molar-refractivity contribution in [3.63, 3.8) is 0 Å². The van der Waals surface area contributed by atoms with Gasteiger partial charge >= 0.3 is 11.9 Å². The predicted octanol–water partition coefficient (Wildman–Crippen LogP) is 7.53. The minimum absolute atomic E-state index is 0.0602. The van der Waals surface area contributed by atoms with Gasteiger partial charge in [-0.2, -0.15) is 0 Å². The van der Waals surface area contributed by atoms with Crippen molar-refractivity contribution in [2.45, 2.75) is 146 Å². The van der Waals surface area contributed by atoms with Gasteiger partial charge in [0.05, 0.1) is 7.11 Å². The molecule has 0 bridgehead atoms. The molecule has 1 N–H and O–H groups in total. The zero-order valence-corrected chi connectivity index (χ0v) is 28.8. The standard InChI is InChI=1S/C8H16O2.C7H16O.C7H14O.C6H10O2.C4H10O2/c1-8(2,3)6-5-7(9)10-4;2*1-7(2,3)5-4-6-8;1-6(2)4-3-5(7)8-6;1-4(5-2)6-3/h5-6H2,1-4H3;8H,4-6H2,1-3H3;6H,4-5H2,1-3H3;3-4H2,1-2H3;4H,1-3H3. The first kappa shape index (κ1) is 45.5. The summed E-state index contributed by atoms with van der Waals surface area (Å²) in [6.45, 7) is 25.3. The first-order valence-corrected chi connectivity index (χ1v) is 14.4. The van der Waals surface area contributed by atoms with E-state index in [1.165, 1.54) is 7.11 Å². The fraction of sp³-hybridized carbons (Fsp3) is 0.906. The summed E-state index contributed by atoms with van der Waals surface area (Å²) in [5.41, 5.74) is 0.759. The molecule has 0 aromatic heterocycles. The van der Waals surface area contributed by atoms with Crippen LogP contribution in [0, 0.1) is 16.2 Å². The summed E-state index contributed by atoms with van der Waals surface area (Å²) in [5, 5.41) is 8.43. The summed E-state index contributed by atoms with van der Waals surface area (Å²) in [4.78, 5) is 30.9. The third-order valence-electron chi connectivity index (χ3n) is 5.39. The van der Waals surface area contributed by atoms with Gasteiger partial charge in [-0.1, -0.05) is 62.3 Å². The quantitative estimate of drug-likeness (QED) is 0.179. The first-order valence-electron chi connectivity index (χ1n) is 14.4. The SMILES string of the molecule is CC(C)(C)CCC=O.CC(C)(C)CCCO.CC1(C)CCC(=O)O1.COC(=O)CCC(C)(C)C.COC(C)OC. The molecule has 8 nitrogen and oxygen atoms in total. The molecule has 0 aromatic rings. The maximum Gasteiger partial charge on any atom is 0.306 e. The van der Waals surface area contributed by atoms with Crippen LogP contribution in [0.1, 0.15) is 134 Å². The van der Waals surface area contributed by atoms with Gasteiger partial charge in [-0.3, -0.25) is 9.59 Å². The highest BCUT2D eigenvalue weighted by atomic mass is 16.7. The van der Waals surface area contributed by atoms with Crippen molar-refractivity contribution in [3.05, 3.63) is 0 Å². The van der Waals surface area contributed by atoms with Crippen LogP contribution in [0.2, 0.25) is 0 Å². The Balaban J connectivity index is -0.000000204. The van der Waals surface area contributed by atoms with Crippen molar-refractivity contribution in [3.8, 4) is 0 Å². The van der Waals surface area contributed by atoms with E-state index in [4.69, 9.17) is 9.84 Å². The summed E-state index contributed by atoms with van der Waals surface area (Å²) in [7, 11) is 4.63. The van der Waals surface area contributed by atoms with Crippen LogP contribution in [-0.4, -0.2) is 63.2 Å². The lowest BCUT2D eigenvalue weighted by Gasteiger charge is -2.16. The topological polar surface area (TPSA) is 108 Å². The number of aliphatic hydroxyl groups excluding tert-OH is 1. The van der Waals surface area contributed by atoms with Crippen molar-refractivity contribution >= 4 is 18.2 Å². The molecule has 0 aliphatic carbocycles. The maximum atomic E-state index is 10.6. The van der Waals surface area contributed by atoms with Crippen LogP contribution in [0.5, 0.6) is 0 Å². The number of aliphatic hydroxyl groups is 1. The van der Waals surface area contributed by atoms with Crippen molar-refractivity contribution < 1.29 is 38.4 Å². The molecule has 1 fully saturated rings. The van der Waals surface area contributed by atoms with E-state index in [9.17, 15) is 14.4 Å². The molecule has 0 saturated carbocycles. The molecule has 1 aliphatic heterocycles. The van der Waals surface area contributed by atoms with Crippen LogP contribution < -0.4 is 0 Å². The molecule has 1 heterocycles. The molecule has 0 spiro atoms. The van der Waals surface area contributed by atoms with Gasteiger partial charge in [0.15, 0.2) is 6.29 Å². The monoisotopic (exact) mass is 578 g/mol. The van der Waals surface area contributed by atoms with Crippen molar-refractivity contribution in [2.75, 3.05) is 27.9 Å². The Morgan fingerprint density at radius 1 is 0.925 bits per heavy atom. The molecule has 0 amide bonds. The second kappa shape index (κ2) is 24.1. The number of ether oxygens (including phenoxy) is 4. The second-order valence-electron chi connectivity index (χ2n) is 14.1. The van der Waals surface area contributed by atoms with Crippen LogP contribution in [0.3, 0.4) is 0 Å². The van der Waals surface area contributed by atoms with Gasteiger partial charge in [-0.05, 0) is 69.1 Å². The smallest absolute Gasteiger partial charge is 0.306 e. The van der Waals surface area contributed by atoms with Gasteiger partial charge in [0.1, 0.15) is 11.9 Å². The molecular formula is C32H66O8. The number of methoxy groups -OCH3 is 3. The number of carbonyl (C=O) groups excluding carboxylic acids is 3. The van der Waals surface area contributed by atoms with Crippen LogP contribution in [0.25, 0.3) is 0 Å². The fourth-order valence-electron chi connectivity index (χ4n) is 2.59. The summed E-state index contributed by atoms with van der Waals surface area (Å²) >= 11 is 0. The summed E-state index contributed by atoms with van der Waals surface area (Å²) < 4.78 is 18.8.